The third-order valence-electron chi connectivity index (χ3n) is 3.60. The molecule has 2 aromatic rings. The number of hydrogen-bond acceptors (Lipinski definition) is 5. The molecule has 7 nitrogen and oxygen atoms in total. The minimum Gasteiger partial charge on any atom is -0.466 e. The summed E-state index contributed by atoms with van der Waals surface area (Å²) in [6.45, 7) is 5.36. The van der Waals surface area contributed by atoms with Gasteiger partial charge < -0.3 is 15.0 Å². The molecule has 23 heavy (non-hydrogen) atoms. The molecular formula is C16H19N3O4. The summed E-state index contributed by atoms with van der Waals surface area (Å²) < 4.78 is 4.93. The molecule has 0 fully saturated rings. The van der Waals surface area contributed by atoms with Gasteiger partial charge in [0, 0.05) is 6.04 Å². The van der Waals surface area contributed by atoms with Crippen molar-refractivity contribution in [3.63, 3.8) is 0 Å². The Balaban J connectivity index is 2.18. The Morgan fingerprint density at radius 2 is 2.00 bits per heavy atom. The number of aromatic amines is 1. The van der Waals surface area contributed by atoms with Crippen molar-refractivity contribution in [3.8, 4) is 0 Å². The molecule has 0 unspecified atom stereocenters. The number of amides is 1. The van der Waals surface area contributed by atoms with Gasteiger partial charge in [-0.15, -0.1) is 0 Å². The van der Waals surface area contributed by atoms with E-state index in [4.69, 9.17) is 4.74 Å². The van der Waals surface area contributed by atoms with Gasteiger partial charge in [0.25, 0.3) is 11.5 Å². The molecule has 122 valence electrons. The van der Waals surface area contributed by atoms with Crippen LogP contribution in [0.3, 0.4) is 0 Å². The lowest BCUT2D eigenvalue weighted by atomic mass is 10.0. The number of aromatic nitrogens is 2. The lowest BCUT2D eigenvalue weighted by molar-refractivity contribution is -0.148. The van der Waals surface area contributed by atoms with Gasteiger partial charge in [-0.25, -0.2) is 4.98 Å². The summed E-state index contributed by atoms with van der Waals surface area (Å²) in [4.78, 5) is 42.5. The molecular weight excluding hydrogens is 298 g/mol. The number of carbonyl (C=O) groups is 2. The van der Waals surface area contributed by atoms with Crippen LogP contribution in [0.1, 0.15) is 31.4 Å². The van der Waals surface area contributed by atoms with Crippen molar-refractivity contribution >= 4 is 22.8 Å². The molecule has 0 aliphatic heterocycles. The molecule has 2 N–H and O–H groups in total. The Labute approximate surface area is 133 Å². The van der Waals surface area contributed by atoms with Crippen LogP contribution in [0.4, 0.5) is 0 Å². The zero-order valence-corrected chi connectivity index (χ0v) is 13.3. The van der Waals surface area contributed by atoms with Crippen molar-refractivity contribution < 1.29 is 14.3 Å². The largest absolute Gasteiger partial charge is 0.466 e. The van der Waals surface area contributed by atoms with Gasteiger partial charge in [0.2, 0.25) is 0 Å². The van der Waals surface area contributed by atoms with E-state index in [0.717, 1.165) is 0 Å². The number of rotatable bonds is 5. The molecule has 0 bridgehead atoms. The first kappa shape index (κ1) is 16.7. The number of nitrogens with zero attached hydrogens (tertiary/aromatic N) is 1. The van der Waals surface area contributed by atoms with E-state index in [9.17, 15) is 14.4 Å². The molecule has 1 heterocycles. The number of para-hydroxylation sites is 1. The van der Waals surface area contributed by atoms with Crippen LogP contribution in [0.25, 0.3) is 10.9 Å². The van der Waals surface area contributed by atoms with Gasteiger partial charge >= 0.3 is 5.97 Å². The van der Waals surface area contributed by atoms with Crippen LogP contribution in [-0.2, 0) is 9.53 Å². The summed E-state index contributed by atoms with van der Waals surface area (Å²) in [5, 5.41) is 3.07. The molecule has 7 heteroatoms. The van der Waals surface area contributed by atoms with Crippen LogP contribution < -0.4 is 10.9 Å². The highest BCUT2D eigenvalue weighted by atomic mass is 16.5. The number of fused-ring (bicyclic) bond motifs is 1. The fourth-order valence-corrected chi connectivity index (χ4v) is 2.07. The number of H-pyrrole nitrogens is 1. The average Bonchev–Trinajstić information content (AvgIpc) is 2.54. The normalized spacial score (nSPS) is 13.3. The van der Waals surface area contributed by atoms with E-state index in [1.807, 2.05) is 0 Å². The Kier molecular flexibility index (Phi) is 5.10. The predicted octanol–water partition coefficient (Wildman–Crippen LogP) is 1.24. The van der Waals surface area contributed by atoms with Crippen molar-refractivity contribution in [1.82, 2.24) is 15.3 Å². The molecule has 0 saturated carbocycles. The number of ether oxygens (including phenoxy) is 1. The zero-order valence-electron chi connectivity index (χ0n) is 13.3. The van der Waals surface area contributed by atoms with E-state index in [1.54, 1.807) is 45.0 Å². The first-order valence-corrected chi connectivity index (χ1v) is 7.40. The lowest BCUT2D eigenvalue weighted by Crippen LogP contribution is -2.41. The lowest BCUT2D eigenvalue weighted by Gasteiger charge is -2.19. The summed E-state index contributed by atoms with van der Waals surface area (Å²) in [5.41, 5.74) is 0.0549. The van der Waals surface area contributed by atoms with Crippen molar-refractivity contribution in [1.29, 1.82) is 0 Å². The molecule has 0 aliphatic rings. The van der Waals surface area contributed by atoms with Crippen molar-refractivity contribution in [2.75, 3.05) is 6.61 Å². The first-order chi connectivity index (χ1) is 10.9. The van der Waals surface area contributed by atoms with Gasteiger partial charge in [-0.1, -0.05) is 12.1 Å². The highest BCUT2D eigenvalue weighted by molar-refractivity contribution is 5.93. The summed E-state index contributed by atoms with van der Waals surface area (Å²) in [6, 6.07) is 6.29. The van der Waals surface area contributed by atoms with E-state index in [-0.39, 0.29) is 24.0 Å². The maximum atomic E-state index is 12.2. The predicted molar refractivity (Wildman–Crippen MR) is 85.1 cm³/mol. The summed E-state index contributed by atoms with van der Waals surface area (Å²) in [6.07, 6.45) is 0. The zero-order chi connectivity index (χ0) is 17.0. The average molecular weight is 317 g/mol. The van der Waals surface area contributed by atoms with E-state index < -0.39 is 17.9 Å². The van der Waals surface area contributed by atoms with Gasteiger partial charge in [-0.2, -0.15) is 0 Å². The first-order valence-electron chi connectivity index (χ1n) is 7.40. The van der Waals surface area contributed by atoms with Crippen molar-refractivity contribution in [3.05, 3.63) is 40.4 Å². The topological polar surface area (TPSA) is 101 Å². The minimum absolute atomic E-state index is 0.0865. The van der Waals surface area contributed by atoms with Crippen molar-refractivity contribution in [2.45, 2.75) is 26.8 Å². The summed E-state index contributed by atoms with van der Waals surface area (Å²) >= 11 is 0. The van der Waals surface area contributed by atoms with Crippen LogP contribution in [0.15, 0.2) is 29.1 Å². The SMILES string of the molecule is CCOC(=O)[C@H](C)[C@@H](C)NC(=O)c1nc2ccccc2c(=O)[nH]1. The van der Waals surface area contributed by atoms with Crippen LogP contribution in [0.5, 0.6) is 0 Å². The highest BCUT2D eigenvalue weighted by Crippen LogP contribution is 2.08. The minimum atomic E-state index is -0.545. The Morgan fingerprint density at radius 3 is 2.70 bits per heavy atom. The summed E-state index contributed by atoms with van der Waals surface area (Å²) in [5.74, 6) is -1.53. The second-order valence-electron chi connectivity index (χ2n) is 5.23. The van der Waals surface area contributed by atoms with E-state index >= 15 is 0 Å². The monoisotopic (exact) mass is 317 g/mol. The maximum absolute atomic E-state index is 12.2. The highest BCUT2D eigenvalue weighted by Gasteiger charge is 2.24. The number of carbonyl (C=O) groups excluding carboxylic acids is 2. The fourth-order valence-electron chi connectivity index (χ4n) is 2.07. The van der Waals surface area contributed by atoms with E-state index in [0.29, 0.717) is 10.9 Å². The molecule has 1 aromatic heterocycles. The van der Waals surface area contributed by atoms with Gasteiger partial charge in [-0.3, -0.25) is 14.4 Å². The van der Waals surface area contributed by atoms with Crippen LogP contribution in [0, 0.1) is 5.92 Å². The van der Waals surface area contributed by atoms with Gasteiger partial charge in [0.15, 0.2) is 5.82 Å². The smallest absolute Gasteiger partial charge is 0.310 e. The number of esters is 1. The van der Waals surface area contributed by atoms with E-state index in [1.165, 1.54) is 0 Å². The standard InChI is InChI=1S/C16H19N3O4/c1-4-23-16(22)9(2)10(3)17-15(21)13-18-12-8-6-5-7-11(12)14(20)19-13/h5-10H,4H2,1-3H3,(H,17,21)(H,18,19,20)/t9-,10-/m1/s1. The summed E-state index contributed by atoms with van der Waals surface area (Å²) in [7, 11) is 0. The third-order valence-corrected chi connectivity index (χ3v) is 3.60. The Morgan fingerprint density at radius 1 is 1.30 bits per heavy atom. The van der Waals surface area contributed by atoms with Crippen molar-refractivity contribution in [2.24, 2.45) is 5.92 Å². The molecule has 2 atom stereocenters. The molecule has 0 saturated heterocycles. The molecule has 0 spiro atoms. The molecule has 1 aromatic carbocycles. The second kappa shape index (κ2) is 7.04. The molecule has 2 rings (SSSR count). The third kappa shape index (κ3) is 3.74. The van der Waals surface area contributed by atoms with Gasteiger partial charge in [0.05, 0.1) is 23.4 Å². The van der Waals surface area contributed by atoms with E-state index in [2.05, 4.69) is 15.3 Å². The quantitative estimate of drug-likeness (QED) is 0.808. The maximum Gasteiger partial charge on any atom is 0.310 e. The number of nitrogens with one attached hydrogen (secondary N) is 2. The molecule has 1 amide bonds. The second-order valence-corrected chi connectivity index (χ2v) is 5.23. The number of benzene rings is 1. The van der Waals surface area contributed by atoms with Gasteiger partial charge in [-0.05, 0) is 32.9 Å². The molecule has 0 aliphatic carbocycles. The Bertz CT molecular complexity index is 784. The molecule has 0 radical (unpaired) electrons. The van der Waals surface area contributed by atoms with Crippen LogP contribution in [0.2, 0.25) is 0 Å². The fraction of sp³-hybridized carbons (Fsp3) is 0.375. The Hall–Kier alpha value is -2.70. The number of hydrogen-bond donors (Lipinski definition) is 2. The van der Waals surface area contributed by atoms with Crippen LogP contribution in [-0.4, -0.2) is 34.5 Å². The van der Waals surface area contributed by atoms with Crippen LogP contribution >= 0.6 is 0 Å². The van der Waals surface area contributed by atoms with Gasteiger partial charge in [0.1, 0.15) is 0 Å².